The summed E-state index contributed by atoms with van der Waals surface area (Å²) >= 11 is 1.01. The van der Waals surface area contributed by atoms with Crippen molar-refractivity contribution in [3.8, 4) is 0 Å². The Balaban J connectivity index is 1.35. The quantitative estimate of drug-likeness (QED) is 0.535. The first-order valence-corrected chi connectivity index (χ1v) is 11.3. The van der Waals surface area contributed by atoms with Crippen LogP contribution in [0.2, 0.25) is 0 Å². The molecular formula is C22H23F2N7S. The molecule has 0 spiro atoms. The highest BCUT2D eigenvalue weighted by atomic mass is 32.2. The van der Waals surface area contributed by atoms with Crippen LogP contribution in [0.4, 0.5) is 32.1 Å². The molecule has 0 unspecified atom stereocenters. The molecule has 1 aromatic carbocycles. The molecule has 0 saturated carbocycles. The van der Waals surface area contributed by atoms with Gasteiger partial charge in [-0.25, -0.2) is 8.78 Å². The van der Waals surface area contributed by atoms with E-state index in [1.165, 1.54) is 25.0 Å². The van der Waals surface area contributed by atoms with Crippen LogP contribution in [0.1, 0.15) is 12.8 Å². The summed E-state index contributed by atoms with van der Waals surface area (Å²) in [6.45, 7) is 2.79. The third-order valence-electron chi connectivity index (χ3n) is 5.79. The lowest BCUT2D eigenvalue weighted by molar-refractivity contribution is 0.340. The summed E-state index contributed by atoms with van der Waals surface area (Å²) < 4.78 is 29.4. The zero-order valence-corrected chi connectivity index (χ0v) is 18.1. The Morgan fingerprint density at radius 1 is 1.09 bits per heavy atom. The second-order valence-corrected chi connectivity index (χ2v) is 9.10. The van der Waals surface area contributed by atoms with Crippen molar-refractivity contribution in [3.63, 3.8) is 0 Å². The van der Waals surface area contributed by atoms with Crippen molar-refractivity contribution in [2.24, 2.45) is 5.92 Å². The number of hydrogen-bond donors (Lipinski definition) is 3. The van der Waals surface area contributed by atoms with Crippen molar-refractivity contribution in [3.05, 3.63) is 54.4 Å². The molecule has 0 aliphatic carbocycles. The Morgan fingerprint density at radius 3 is 2.62 bits per heavy atom. The first-order chi connectivity index (χ1) is 15.5. The fourth-order valence-electron chi connectivity index (χ4n) is 4.31. The second kappa shape index (κ2) is 8.87. The van der Waals surface area contributed by atoms with E-state index in [0.717, 1.165) is 31.4 Å². The highest BCUT2D eigenvalue weighted by Gasteiger charge is 2.35. The average Bonchev–Trinajstić information content (AvgIpc) is 3.21. The van der Waals surface area contributed by atoms with Crippen LogP contribution in [-0.2, 0) is 0 Å². The average molecular weight is 456 g/mol. The van der Waals surface area contributed by atoms with E-state index in [0.29, 0.717) is 28.5 Å². The number of hydrogen-bond acceptors (Lipinski definition) is 8. The molecule has 2 aliphatic rings. The maximum atomic E-state index is 14.7. The Labute approximate surface area is 188 Å². The van der Waals surface area contributed by atoms with Crippen molar-refractivity contribution in [2.45, 2.75) is 28.7 Å². The molecule has 2 fully saturated rings. The van der Waals surface area contributed by atoms with E-state index in [4.69, 9.17) is 5.73 Å². The number of nitrogens with zero attached hydrogens (tertiary/aromatic N) is 4. The van der Waals surface area contributed by atoms with E-state index >= 15 is 0 Å². The van der Waals surface area contributed by atoms with Crippen molar-refractivity contribution < 1.29 is 8.78 Å². The topological polar surface area (TPSA) is 92.0 Å². The molecule has 2 atom stereocenters. The fraction of sp³-hybridized carbons (Fsp3) is 0.318. The van der Waals surface area contributed by atoms with Crippen LogP contribution in [-0.4, -0.2) is 40.6 Å². The number of aromatic nitrogens is 3. The van der Waals surface area contributed by atoms with Crippen molar-refractivity contribution in [1.29, 1.82) is 0 Å². The van der Waals surface area contributed by atoms with Gasteiger partial charge in [-0.05, 0) is 49.6 Å². The van der Waals surface area contributed by atoms with Crippen LogP contribution < -0.4 is 21.3 Å². The number of nitrogens with two attached hydrogens (primary N) is 1. The van der Waals surface area contributed by atoms with Gasteiger partial charge in [0, 0.05) is 48.2 Å². The van der Waals surface area contributed by atoms with Crippen LogP contribution in [0.25, 0.3) is 0 Å². The van der Waals surface area contributed by atoms with E-state index in [2.05, 4.69) is 30.5 Å². The van der Waals surface area contributed by atoms with Gasteiger partial charge in [0.2, 0.25) is 5.95 Å². The Bertz CT molecular complexity index is 1080. The van der Waals surface area contributed by atoms with Crippen molar-refractivity contribution >= 4 is 35.0 Å². The van der Waals surface area contributed by atoms with Gasteiger partial charge in [0.25, 0.3) is 0 Å². The van der Waals surface area contributed by atoms with E-state index in [1.807, 2.05) is 0 Å². The third-order valence-corrected chi connectivity index (χ3v) is 6.90. The van der Waals surface area contributed by atoms with Crippen molar-refractivity contribution in [2.75, 3.05) is 35.6 Å². The predicted octanol–water partition coefficient (Wildman–Crippen LogP) is 3.82. The van der Waals surface area contributed by atoms with Gasteiger partial charge in [-0.1, -0.05) is 11.8 Å². The number of fused-ring (bicyclic) bond motifs is 1. The molecule has 0 radical (unpaired) electrons. The normalized spacial score (nSPS) is 20.2. The highest BCUT2D eigenvalue weighted by molar-refractivity contribution is 7.99. The van der Waals surface area contributed by atoms with Crippen LogP contribution in [0.15, 0.2) is 52.5 Å². The summed E-state index contributed by atoms with van der Waals surface area (Å²) in [5.74, 6) is 0.479. The summed E-state index contributed by atoms with van der Waals surface area (Å²) in [7, 11) is 0. The molecule has 5 rings (SSSR count). The minimum absolute atomic E-state index is 0.0724. The molecule has 7 nitrogen and oxygen atoms in total. The Hall–Kier alpha value is -2.98. The van der Waals surface area contributed by atoms with Gasteiger partial charge in [0.05, 0.1) is 4.90 Å². The summed E-state index contributed by atoms with van der Waals surface area (Å²) in [6, 6.07) is 8.11. The van der Waals surface area contributed by atoms with Gasteiger partial charge >= 0.3 is 0 Å². The predicted molar refractivity (Wildman–Crippen MR) is 121 cm³/mol. The molecule has 4 N–H and O–H groups in total. The second-order valence-electron chi connectivity index (χ2n) is 8.02. The molecular weight excluding hydrogens is 432 g/mol. The smallest absolute Gasteiger partial charge is 0.223 e. The largest absolute Gasteiger partial charge is 0.368 e. The summed E-state index contributed by atoms with van der Waals surface area (Å²) in [4.78, 5) is 15.3. The fourth-order valence-corrected chi connectivity index (χ4v) is 5.12. The molecule has 166 valence electrons. The molecule has 4 heterocycles. The van der Waals surface area contributed by atoms with Crippen LogP contribution >= 0.6 is 11.8 Å². The van der Waals surface area contributed by atoms with E-state index in [-0.39, 0.29) is 16.5 Å². The molecule has 0 amide bonds. The van der Waals surface area contributed by atoms with Gasteiger partial charge < -0.3 is 21.3 Å². The standard InChI is InChI=1S/C22H23F2N7S/c23-16-8-14(9-17(24)21(16)32-15-3-6-26-7-4-15)28-19-10-20(30-22(25)29-19)31-11-13-2-1-5-27-18(13)12-31/h3-4,6-10,13,18,27H,1-2,5,11-12H2,(H3,25,28,29,30)/t13-,18+/m1/s1. The number of pyridine rings is 1. The minimum Gasteiger partial charge on any atom is -0.368 e. The molecule has 2 aliphatic heterocycles. The number of piperidine rings is 1. The first-order valence-electron chi connectivity index (χ1n) is 10.5. The van der Waals surface area contributed by atoms with Crippen LogP contribution in [0, 0.1) is 17.6 Å². The zero-order chi connectivity index (χ0) is 22.1. The zero-order valence-electron chi connectivity index (χ0n) is 17.3. The van der Waals surface area contributed by atoms with Crippen LogP contribution in [0.3, 0.4) is 0 Å². The molecule has 10 heteroatoms. The lowest BCUT2D eigenvalue weighted by Crippen LogP contribution is -2.40. The first kappa shape index (κ1) is 20.9. The molecule has 0 bridgehead atoms. The number of nitrogen functional groups attached to an aromatic ring is 1. The molecule has 2 saturated heterocycles. The number of benzene rings is 1. The molecule has 32 heavy (non-hydrogen) atoms. The third kappa shape index (κ3) is 4.46. The number of rotatable bonds is 5. The monoisotopic (exact) mass is 455 g/mol. The number of anilines is 4. The van der Waals surface area contributed by atoms with Crippen molar-refractivity contribution in [1.82, 2.24) is 20.3 Å². The van der Waals surface area contributed by atoms with Gasteiger partial charge in [-0.2, -0.15) is 9.97 Å². The number of nitrogens with one attached hydrogen (secondary N) is 2. The van der Waals surface area contributed by atoms with Crippen LogP contribution in [0.5, 0.6) is 0 Å². The summed E-state index contributed by atoms with van der Waals surface area (Å²) in [6.07, 6.45) is 5.54. The lowest BCUT2D eigenvalue weighted by atomic mass is 9.94. The van der Waals surface area contributed by atoms with E-state index in [9.17, 15) is 8.78 Å². The maximum Gasteiger partial charge on any atom is 0.223 e. The molecule has 2 aromatic heterocycles. The highest BCUT2D eigenvalue weighted by Crippen LogP contribution is 2.34. The Morgan fingerprint density at radius 2 is 1.88 bits per heavy atom. The maximum absolute atomic E-state index is 14.7. The number of halogens is 2. The van der Waals surface area contributed by atoms with E-state index < -0.39 is 11.6 Å². The summed E-state index contributed by atoms with van der Waals surface area (Å²) in [5.41, 5.74) is 6.19. The SMILES string of the molecule is Nc1nc(Nc2cc(F)c(Sc3ccncc3)c(F)c2)cc(N2C[C@H]3CCCN[C@H]3C2)n1. The van der Waals surface area contributed by atoms with Gasteiger partial charge in [0.1, 0.15) is 23.3 Å². The van der Waals surface area contributed by atoms with Gasteiger partial charge in [-0.15, -0.1) is 0 Å². The van der Waals surface area contributed by atoms with Gasteiger partial charge in [-0.3, -0.25) is 4.98 Å². The van der Waals surface area contributed by atoms with Gasteiger partial charge in [0.15, 0.2) is 0 Å². The lowest BCUT2D eigenvalue weighted by Gasteiger charge is -2.24. The van der Waals surface area contributed by atoms with E-state index in [1.54, 1.807) is 30.6 Å². The molecule has 3 aromatic rings. The summed E-state index contributed by atoms with van der Waals surface area (Å²) in [5, 5.41) is 6.54. The minimum atomic E-state index is -0.661. The Kier molecular flexibility index (Phi) is 5.79.